The van der Waals surface area contributed by atoms with Gasteiger partial charge in [-0.3, -0.25) is 0 Å². The standard InChI is InChI=1S/C13H13ClIN3O2S/c1-18-8-16-17-12(18)21-7-13(19-6-11(15)20-13)9-2-4-10(14)5-3-9/h2-5,8,11H,6-7H2,1H3/t11-,13+/m0/s1. The first kappa shape index (κ1) is 15.5. The van der Waals surface area contributed by atoms with Gasteiger partial charge in [-0.05, 0) is 34.7 Å². The second-order valence-corrected chi connectivity index (χ2v) is 7.38. The van der Waals surface area contributed by atoms with Gasteiger partial charge in [-0.1, -0.05) is 35.5 Å². The van der Waals surface area contributed by atoms with E-state index in [1.165, 1.54) is 0 Å². The smallest absolute Gasteiger partial charge is 0.205 e. The lowest BCUT2D eigenvalue weighted by Crippen LogP contribution is -2.30. The largest absolute Gasteiger partial charge is 0.342 e. The van der Waals surface area contributed by atoms with E-state index in [2.05, 4.69) is 32.8 Å². The molecule has 112 valence electrons. The predicted octanol–water partition coefficient (Wildman–Crippen LogP) is 3.22. The van der Waals surface area contributed by atoms with Crippen molar-refractivity contribution in [2.24, 2.45) is 7.05 Å². The molecule has 3 rings (SSSR count). The molecule has 2 heterocycles. The van der Waals surface area contributed by atoms with Crippen LogP contribution in [-0.2, 0) is 22.3 Å². The number of aryl methyl sites for hydroxylation is 1. The summed E-state index contributed by atoms with van der Waals surface area (Å²) in [7, 11) is 1.91. The molecule has 1 saturated heterocycles. The normalized spacial score (nSPS) is 25.4. The van der Waals surface area contributed by atoms with Crippen LogP contribution in [0.15, 0.2) is 35.7 Å². The maximum Gasteiger partial charge on any atom is 0.205 e. The molecule has 8 heteroatoms. The number of alkyl halides is 1. The maximum absolute atomic E-state index is 6.06. The number of halogens is 2. The van der Waals surface area contributed by atoms with Gasteiger partial charge in [0.1, 0.15) is 10.4 Å². The van der Waals surface area contributed by atoms with Crippen LogP contribution in [0, 0.1) is 0 Å². The van der Waals surface area contributed by atoms with E-state index in [9.17, 15) is 0 Å². The van der Waals surface area contributed by atoms with Crippen LogP contribution in [0.2, 0.25) is 5.02 Å². The van der Waals surface area contributed by atoms with Crippen molar-refractivity contribution in [2.45, 2.75) is 15.1 Å². The van der Waals surface area contributed by atoms with Crippen molar-refractivity contribution >= 4 is 46.0 Å². The summed E-state index contributed by atoms with van der Waals surface area (Å²) < 4.78 is 13.9. The van der Waals surface area contributed by atoms with E-state index < -0.39 is 5.79 Å². The third-order valence-corrected chi connectivity index (χ3v) is 5.13. The van der Waals surface area contributed by atoms with Gasteiger partial charge >= 0.3 is 0 Å². The van der Waals surface area contributed by atoms with Crippen LogP contribution in [0.25, 0.3) is 0 Å². The first-order valence-electron chi connectivity index (χ1n) is 6.28. The number of benzene rings is 1. The number of hydrogen-bond acceptors (Lipinski definition) is 5. The molecule has 1 aliphatic heterocycles. The first-order chi connectivity index (χ1) is 10.1. The Morgan fingerprint density at radius 1 is 1.48 bits per heavy atom. The number of aromatic nitrogens is 3. The Labute approximate surface area is 145 Å². The Morgan fingerprint density at radius 3 is 2.81 bits per heavy atom. The Kier molecular flexibility index (Phi) is 4.75. The average molecular weight is 438 g/mol. The highest BCUT2D eigenvalue weighted by molar-refractivity contribution is 14.1. The van der Waals surface area contributed by atoms with Gasteiger partial charge in [-0.15, -0.1) is 10.2 Å². The second kappa shape index (κ2) is 6.41. The molecule has 1 aliphatic rings. The zero-order valence-corrected chi connectivity index (χ0v) is 14.9. The summed E-state index contributed by atoms with van der Waals surface area (Å²) in [6.07, 6.45) is 1.68. The van der Waals surface area contributed by atoms with E-state index in [1.807, 2.05) is 35.9 Å². The highest BCUT2D eigenvalue weighted by Crippen LogP contribution is 2.40. The number of ether oxygens (including phenoxy) is 2. The van der Waals surface area contributed by atoms with E-state index in [0.717, 1.165) is 10.7 Å². The van der Waals surface area contributed by atoms with Crippen molar-refractivity contribution in [3.8, 4) is 0 Å². The Morgan fingerprint density at radius 2 is 2.24 bits per heavy atom. The van der Waals surface area contributed by atoms with Gasteiger partial charge in [0.05, 0.1) is 12.4 Å². The van der Waals surface area contributed by atoms with Gasteiger partial charge in [-0.2, -0.15) is 0 Å². The van der Waals surface area contributed by atoms with Crippen LogP contribution in [0.3, 0.4) is 0 Å². The summed E-state index contributed by atoms with van der Waals surface area (Å²) in [5.41, 5.74) is 0.959. The molecule has 0 radical (unpaired) electrons. The zero-order valence-electron chi connectivity index (χ0n) is 11.2. The predicted molar refractivity (Wildman–Crippen MR) is 89.7 cm³/mol. The van der Waals surface area contributed by atoms with Gasteiger partial charge in [0, 0.05) is 17.6 Å². The second-order valence-electron chi connectivity index (χ2n) is 4.61. The van der Waals surface area contributed by atoms with Crippen molar-refractivity contribution in [1.29, 1.82) is 0 Å². The summed E-state index contributed by atoms with van der Waals surface area (Å²) in [4.78, 5) is 0. The molecular formula is C13H13ClIN3O2S. The lowest BCUT2D eigenvalue weighted by Gasteiger charge is -2.27. The fourth-order valence-electron chi connectivity index (χ4n) is 2.05. The molecule has 0 aliphatic carbocycles. The summed E-state index contributed by atoms with van der Waals surface area (Å²) in [5, 5.41) is 9.48. The van der Waals surface area contributed by atoms with Crippen LogP contribution in [0.1, 0.15) is 5.56 Å². The van der Waals surface area contributed by atoms with Gasteiger partial charge in [0.25, 0.3) is 0 Å². The van der Waals surface area contributed by atoms with Gasteiger partial charge < -0.3 is 14.0 Å². The molecule has 21 heavy (non-hydrogen) atoms. The molecule has 0 saturated carbocycles. The molecule has 0 bridgehead atoms. The lowest BCUT2D eigenvalue weighted by atomic mass is 10.1. The molecule has 2 atom stereocenters. The molecular weight excluding hydrogens is 425 g/mol. The Bertz CT molecular complexity index is 624. The molecule has 0 unspecified atom stereocenters. The van der Waals surface area contributed by atoms with Crippen molar-refractivity contribution in [1.82, 2.24) is 14.8 Å². The number of hydrogen-bond donors (Lipinski definition) is 0. The lowest BCUT2D eigenvalue weighted by molar-refractivity contribution is -0.147. The monoisotopic (exact) mass is 437 g/mol. The molecule has 1 aromatic carbocycles. The van der Waals surface area contributed by atoms with Crippen LogP contribution >= 0.6 is 46.0 Å². The number of thioether (sulfide) groups is 1. The third-order valence-electron chi connectivity index (χ3n) is 3.11. The van der Waals surface area contributed by atoms with Crippen molar-refractivity contribution < 1.29 is 9.47 Å². The summed E-state index contributed by atoms with van der Waals surface area (Å²) >= 11 is 9.75. The highest BCUT2D eigenvalue weighted by atomic mass is 127. The van der Waals surface area contributed by atoms with E-state index in [-0.39, 0.29) is 4.11 Å². The van der Waals surface area contributed by atoms with Crippen LogP contribution in [-0.4, -0.2) is 31.2 Å². The summed E-state index contributed by atoms with van der Waals surface area (Å²) in [6.45, 7) is 0.558. The maximum atomic E-state index is 6.06. The van der Waals surface area contributed by atoms with E-state index in [0.29, 0.717) is 17.4 Å². The third kappa shape index (κ3) is 3.37. The molecule has 1 fully saturated rings. The molecule has 2 aromatic rings. The summed E-state index contributed by atoms with van der Waals surface area (Å²) in [6, 6.07) is 7.57. The van der Waals surface area contributed by atoms with Crippen LogP contribution in [0.5, 0.6) is 0 Å². The molecule has 0 spiro atoms. The topological polar surface area (TPSA) is 49.2 Å². The van der Waals surface area contributed by atoms with Gasteiger partial charge in [-0.25, -0.2) is 0 Å². The zero-order chi connectivity index (χ0) is 14.9. The van der Waals surface area contributed by atoms with Crippen LogP contribution in [0.4, 0.5) is 0 Å². The first-order valence-corrected chi connectivity index (χ1v) is 8.89. The van der Waals surface area contributed by atoms with E-state index in [1.54, 1.807) is 18.1 Å². The quantitative estimate of drug-likeness (QED) is 0.418. The Hall–Kier alpha value is -0.350. The van der Waals surface area contributed by atoms with Crippen LogP contribution < -0.4 is 0 Å². The minimum Gasteiger partial charge on any atom is -0.342 e. The molecule has 0 N–H and O–H groups in total. The minimum absolute atomic E-state index is 0.0263. The summed E-state index contributed by atoms with van der Waals surface area (Å²) in [5.74, 6) is -0.173. The molecule has 1 aromatic heterocycles. The minimum atomic E-state index is -0.771. The fraction of sp³-hybridized carbons (Fsp3) is 0.385. The van der Waals surface area contributed by atoms with Crippen molar-refractivity contribution in [3.05, 3.63) is 41.2 Å². The van der Waals surface area contributed by atoms with E-state index in [4.69, 9.17) is 21.1 Å². The Balaban J connectivity index is 1.84. The fourth-order valence-corrected chi connectivity index (χ4v) is 3.76. The van der Waals surface area contributed by atoms with Gasteiger partial charge in [0.2, 0.25) is 5.79 Å². The van der Waals surface area contributed by atoms with Crippen molar-refractivity contribution in [3.63, 3.8) is 0 Å². The SMILES string of the molecule is Cn1cnnc1SC[C@@]1(c2ccc(Cl)cc2)OC[C@@H](I)O1. The van der Waals surface area contributed by atoms with Gasteiger partial charge in [0.15, 0.2) is 5.16 Å². The number of nitrogens with zero attached hydrogens (tertiary/aromatic N) is 3. The molecule has 5 nitrogen and oxygen atoms in total. The van der Waals surface area contributed by atoms with E-state index >= 15 is 0 Å². The average Bonchev–Trinajstić information content (AvgIpc) is 3.04. The van der Waals surface area contributed by atoms with Crippen molar-refractivity contribution in [2.75, 3.05) is 12.4 Å². The highest BCUT2D eigenvalue weighted by Gasteiger charge is 2.42. The molecule has 0 amide bonds. The number of rotatable bonds is 4.